The molecule has 1 atom stereocenters. The standard InChI is InChI=1S/C24H30N2O3/c1-25(17-20-6-4-3-5-7-20)24(28)16-21-14-15-26(18-21)23(27)13-10-19-8-11-22(29-2)12-9-19/h3-9,11-12,21H,10,13-18H2,1-2H3. The Morgan fingerprint density at radius 2 is 1.79 bits per heavy atom. The predicted molar refractivity (Wildman–Crippen MR) is 114 cm³/mol. The van der Waals surface area contributed by atoms with Crippen LogP contribution in [0.1, 0.15) is 30.4 Å². The minimum absolute atomic E-state index is 0.145. The fourth-order valence-corrected chi connectivity index (χ4v) is 3.78. The molecule has 1 aliphatic rings. The van der Waals surface area contributed by atoms with E-state index in [2.05, 4.69) is 0 Å². The molecule has 0 bridgehead atoms. The first-order chi connectivity index (χ1) is 14.0. The van der Waals surface area contributed by atoms with Crippen molar-refractivity contribution in [2.45, 2.75) is 32.2 Å². The van der Waals surface area contributed by atoms with E-state index in [9.17, 15) is 9.59 Å². The molecule has 5 heteroatoms. The van der Waals surface area contributed by atoms with Crippen LogP contribution in [0.5, 0.6) is 5.75 Å². The van der Waals surface area contributed by atoms with Gasteiger partial charge in [-0.25, -0.2) is 0 Å². The fourth-order valence-electron chi connectivity index (χ4n) is 3.78. The average Bonchev–Trinajstić information content (AvgIpc) is 3.21. The SMILES string of the molecule is COc1ccc(CCC(=O)N2CCC(CC(=O)N(C)Cc3ccccc3)C2)cc1. The van der Waals surface area contributed by atoms with Crippen molar-refractivity contribution in [3.05, 3.63) is 65.7 Å². The summed E-state index contributed by atoms with van der Waals surface area (Å²) in [5.41, 5.74) is 2.26. The van der Waals surface area contributed by atoms with Crippen molar-refractivity contribution < 1.29 is 14.3 Å². The zero-order chi connectivity index (χ0) is 20.6. The van der Waals surface area contributed by atoms with Crippen molar-refractivity contribution in [1.82, 2.24) is 9.80 Å². The summed E-state index contributed by atoms with van der Waals surface area (Å²) < 4.78 is 5.16. The molecule has 0 spiro atoms. The molecule has 2 aromatic rings. The van der Waals surface area contributed by atoms with Gasteiger partial charge in [-0.2, -0.15) is 0 Å². The maximum absolute atomic E-state index is 12.6. The smallest absolute Gasteiger partial charge is 0.222 e. The maximum atomic E-state index is 12.6. The number of nitrogens with zero attached hydrogens (tertiary/aromatic N) is 2. The summed E-state index contributed by atoms with van der Waals surface area (Å²) >= 11 is 0. The number of likely N-dealkylation sites (tertiary alicyclic amines) is 1. The van der Waals surface area contributed by atoms with Gasteiger partial charge in [0.05, 0.1) is 7.11 Å². The first-order valence-corrected chi connectivity index (χ1v) is 10.2. The van der Waals surface area contributed by atoms with Crippen LogP contribution in [0, 0.1) is 5.92 Å². The van der Waals surface area contributed by atoms with E-state index in [-0.39, 0.29) is 17.7 Å². The third kappa shape index (κ3) is 6.08. The molecule has 0 aromatic heterocycles. The monoisotopic (exact) mass is 394 g/mol. The highest BCUT2D eigenvalue weighted by atomic mass is 16.5. The molecule has 1 fully saturated rings. The largest absolute Gasteiger partial charge is 0.497 e. The molecular formula is C24H30N2O3. The van der Waals surface area contributed by atoms with Crippen LogP contribution in [-0.4, -0.2) is 48.9 Å². The van der Waals surface area contributed by atoms with E-state index in [1.165, 1.54) is 0 Å². The molecule has 0 radical (unpaired) electrons. The van der Waals surface area contributed by atoms with Crippen LogP contribution in [0.3, 0.4) is 0 Å². The van der Waals surface area contributed by atoms with Crippen LogP contribution in [0.25, 0.3) is 0 Å². The second-order valence-electron chi connectivity index (χ2n) is 7.78. The Labute approximate surface area is 173 Å². The van der Waals surface area contributed by atoms with E-state index in [1.54, 1.807) is 12.0 Å². The summed E-state index contributed by atoms with van der Waals surface area (Å²) in [5, 5.41) is 0. The van der Waals surface area contributed by atoms with Crippen molar-refractivity contribution >= 4 is 11.8 Å². The van der Waals surface area contributed by atoms with Crippen LogP contribution in [0.2, 0.25) is 0 Å². The molecule has 1 aliphatic heterocycles. The van der Waals surface area contributed by atoms with Gasteiger partial charge in [0.25, 0.3) is 0 Å². The summed E-state index contributed by atoms with van der Waals surface area (Å²) in [6, 6.07) is 17.8. The van der Waals surface area contributed by atoms with Crippen LogP contribution >= 0.6 is 0 Å². The first kappa shape index (κ1) is 20.9. The second-order valence-corrected chi connectivity index (χ2v) is 7.78. The van der Waals surface area contributed by atoms with Gasteiger partial charge in [-0.3, -0.25) is 9.59 Å². The number of benzene rings is 2. The molecule has 3 rings (SSSR count). The van der Waals surface area contributed by atoms with Crippen LogP contribution in [0.15, 0.2) is 54.6 Å². The molecule has 1 heterocycles. The number of carbonyl (C=O) groups is 2. The lowest BCUT2D eigenvalue weighted by molar-refractivity contribution is -0.133. The van der Waals surface area contributed by atoms with Crippen LogP contribution in [0.4, 0.5) is 0 Å². The Balaban J connectivity index is 1.41. The van der Waals surface area contributed by atoms with Gasteiger partial charge in [0.2, 0.25) is 11.8 Å². The van der Waals surface area contributed by atoms with E-state index >= 15 is 0 Å². The molecule has 1 saturated heterocycles. The second kappa shape index (κ2) is 10.1. The molecule has 154 valence electrons. The molecular weight excluding hydrogens is 364 g/mol. The maximum Gasteiger partial charge on any atom is 0.222 e. The molecule has 29 heavy (non-hydrogen) atoms. The van der Waals surface area contributed by atoms with Gasteiger partial charge in [0.15, 0.2) is 0 Å². The highest BCUT2D eigenvalue weighted by molar-refractivity contribution is 5.78. The third-order valence-electron chi connectivity index (χ3n) is 5.58. The van der Waals surface area contributed by atoms with Gasteiger partial charge in [-0.05, 0) is 42.0 Å². The summed E-state index contributed by atoms with van der Waals surface area (Å²) in [6.07, 6.45) is 2.63. The lowest BCUT2D eigenvalue weighted by Crippen LogP contribution is -2.31. The molecule has 0 aliphatic carbocycles. The van der Waals surface area contributed by atoms with Crippen molar-refractivity contribution in [3.63, 3.8) is 0 Å². The molecule has 5 nitrogen and oxygen atoms in total. The van der Waals surface area contributed by atoms with Gasteiger partial charge in [-0.15, -0.1) is 0 Å². The summed E-state index contributed by atoms with van der Waals surface area (Å²) in [5.74, 6) is 1.40. The molecule has 2 aromatic carbocycles. The summed E-state index contributed by atoms with van der Waals surface area (Å²) in [4.78, 5) is 28.8. The van der Waals surface area contributed by atoms with E-state index in [0.717, 1.165) is 36.3 Å². The average molecular weight is 395 g/mol. The third-order valence-corrected chi connectivity index (χ3v) is 5.58. The van der Waals surface area contributed by atoms with Gasteiger partial charge >= 0.3 is 0 Å². The highest BCUT2D eigenvalue weighted by Gasteiger charge is 2.28. The Bertz CT molecular complexity index is 805. The van der Waals surface area contributed by atoms with E-state index < -0.39 is 0 Å². The zero-order valence-corrected chi connectivity index (χ0v) is 17.3. The lowest BCUT2D eigenvalue weighted by Gasteiger charge is -2.20. The van der Waals surface area contributed by atoms with Gasteiger partial charge in [-0.1, -0.05) is 42.5 Å². The van der Waals surface area contributed by atoms with E-state index in [1.807, 2.05) is 66.5 Å². The first-order valence-electron chi connectivity index (χ1n) is 10.2. The van der Waals surface area contributed by atoms with Crippen molar-refractivity contribution in [2.24, 2.45) is 5.92 Å². The number of methoxy groups -OCH3 is 1. The highest BCUT2D eigenvalue weighted by Crippen LogP contribution is 2.22. The summed E-state index contributed by atoms with van der Waals surface area (Å²) in [6.45, 7) is 2.06. The Kier molecular flexibility index (Phi) is 7.28. The predicted octanol–water partition coefficient (Wildman–Crippen LogP) is 3.53. The van der Waals surface area contributed by atoms with Gasteiger partial charge in [0.1, 0.15) is 5.75 Å². The number of amides is 2. The zero-order valence-electron chi connectivity index (χ0n) is 17.3. The van der Waals surface area contributed by atoms with E-state index in [0.29, 0.717) is 25.9 Å². The fraction of sp³-hybridized carbons (Fsp3) is 0.417. The number of aryl methyl sites for hydroxylation is 1. The van der Waals surface area contributed by atoms with Crippen LogP contribution in [-0.2, 0) is 22.6 Å². The molecule has 0 N–H and O–H groups in total. The van der Waals surface area contributed by atoms with Gasteiger partial charge in [0, 0.05) is 39.5 Å². The van der Waals surface area contributed by atoms with Crippen molar-refractivity contribution in [1.29, 1.82) is 0 Å². The Morgan fingerprint density at radius 1 is 1.07 bits per heavy atom. The number of hydrogen-bond donors (Lipinski definition) is 0. The molecule has 0 saturated carbocycles. The normalized spacial score (nSPS) is 15.9. The minimum Gasteiger partial charge on any atom is -0.497 e. The van der Waals surface area contributed by atoms with Crippen molar-refractivity contribution in [3.8, 4) is 5.75 Å². The molecule has 2 amide bonds. The van der Waals surface area contributed by atoms with Gasteiger partial charge < -0.3 is 14.5 Å². The number of ether oxygens (including phenoxy) is 1. The van der Waals surface area contributed by atoms with Crippen molar-refractivity contribution in [2.75, 3.05) is 27.2 Å². The number of hydrogen-bond acceptors (Lipinski definition) is 3. The minimum atomic E-state index is 0.145. The molecule has 1 unspecified atom stereocenters. The Hall–Kier alpha value is -2.82. The number of rotatable bonds is 8. The van der Waals surface area contributed by atoms with E-state index in [4.69, 9.17) is 4.74 Å². The lowest BCUT2D eigenvalue weighted by atomic mass is 10.0. The summed E-state index contributed by atoms with van der Waals surface area (Å²) in [7, 11) is 3.49. The quantitative estimate of drug-likeness (QED) is 0.688. The Morgan fingerprint density at radius 3 is 2.48 bits per heavy atom. The topological polar surface area (TPSA) is 49.9 Å². The number of carbonyl (C=O) groups excluding carboxylic acids is 2. The van der Waals surface area contributed by atoms with Crippen LogP contribution < -0.4 is 4.74 Å².